The summed E-state index contributed by atoms with van der Waals surface area (Å²) in [5.74, 6) is 0. The van der Waals surface area contributed by atoms with Gasteiger partial charge in [-0.1, -0.05) is 48.5 Å². The van der Waals surface area contributed by atoms with Crippen molar-refractivity contribution in [1.29, 1.82) is 0 Å². The molecule has 1 heterocycles. The Hall–Kier alpha value is -2.61. The molecule has 1 aromatic heterocycles. The van der Waals surface area contributed by atoms with Gasteiger partial charge in [0.1, 0.15) is 0 Å². The molecule has 0 radical (unpaired) electrons. The molecule has 0 fully saturated rings. The Morgan fingerprint density at radius 3 is 1.79 bits per heavy atom. The molecule has 0 aliphatic rings. The highest BCUT2D eigenvalue weighted by atomic mass is 14.7. The fourth-order valence-electron chi connectivity index (χ4n) is 2.02. The molecule has 3 rings (SSSR count). The number of benzene rings is 2. The predicted octanol–water partition coefficient (Wildman–Crippen LogP) is 4.00. The zero-order valence-corrected chi connectivity index (χ0v) is 10.5. The second-order valence-electron chi connectivity index (χ2n) is 4.40. The normalized spacial score (nSPS) is 10.3. The third-order valence-corrected chi connectivity index (χ3v) is 3.03. The summed E-state index contributed by atoms with van der Waals surface area (Å²) in [6.45, 7) is 0. The van der Waals surface area contributed by atoms with Crippen LogP contribution in [0.3, 0.4) is 0 Å². The first-order chi connectivity index (χ1) is 9.33. The van der Waals surface area contributed by atoms with Crippen LogP contribution in [0.2, 0.25) is 0 Å². The SMILES string of the molecule is Nc1ccc(-c2cccc(-c3ccccc3)n2)cc1. The summed E-state index contributed by atoms with van der Waals surface area (Å²) in [4.78, 5) is 4.70. The van der Waals surface area contributed by atoms with Crippen molar-refractivity contribution in [3.8, 4) is 22.5 Å². The van der Waals surface area contributed by atoms with Crippen molar-refractivity contribution in [1.82, 2.24) is 4.98 Å². The first-order valence-corrected chi connectivity index (χ1v) is 6.21. The molecule has 0 atom stereocenters. The van der Waals surface area contributed by atoms with Crippen LogP contribution in [-0.2, 0) is 0 Å². The Labute approximate surface area is 112 Å². The monoisotopic (exact) mass is 246 g/mol. The predicted molar refractivity (Wildman–Crippen MR) is 79.5 cm³/mol. The Morgan fingerprint density at radius 1 is 0.579 bits per heavy atom. The van der Waals surface area contributed by atoms with E-state index in [2.05, 4.69) is 12.1 Å². The number of aromatic nitrogens is 1. The van der Waals surface area contributed by atoms with Gasteiger partial charge in [0, 0.05) is 16.8 Å². The highest BCUT2D eigenvalue weighted by molar-refractivity contribution is 5.67. The molecule has 0 amide bonds. The Balaban J connectivity index is 2.03. The minimum absolute atomic E-state index is 0.767. The topological polar surface area (TPSA) is 38.9 Å². The van der Waals surface area contributed by atoms with Crippen LogP contribution in [0.15, 0.2) is 72.8 Å². The van der Waals surface area contributed by atoms with Crippen molar-refractivity contribution >= 4 is 5.69 Å². The third kappa shape index (κ3) is 2.47. The van der Waals surface area contributed by atoms with E-state index in [0.29, 0.717) is 0 Å². The number of hydrogen-bond acceptors (Lipinski definition) is 2. The number of nitrogen functional groups attached to an aromatic ring is 1. The van der Waals surface area contributed by atoms with Crippen molar-refractivity contribution in [3.63, 3.8) is 0 Å². The van der Waals surface area contributed by atoms with E-state index in [4.69, 9.17) is 10.7 Å². The molecule has 2 aromatic carbocycles. The standard InChI is InChI=1S/C17H14N2/c18-15-11-9-14(10-12-15)17-8-4-7-16(19-17)13-5-2-1-3-6-13/h1-12H,18H2. The summed E-state index contributed by atoms with van der Waals surface area (Å²) in [7, 11) is 0. The average Bonchev–Trinajstić information content (AvgIpc) is 2.49. The van der Waals surface area contributed by atoms with E-state index < -0.39 is 0 Å². The van der Waals surface area contributed by atoms with E-state index in [9.17, 15) is 0 Å². The maximum atomic E-state index is 5.71. The van der Waals surface area contributed by atoms with Crippen molar-refractivity contribution in [2.45, 2.75) is 0 Å². The van der Waals surface area contributed by atoms with Crippen molar-refractivity contribution in [3.05, 3.63) is 72.8 Å². The Morgan fingerprint density at radius 2 is 1.16 bits per heavy atom. The van der Waals surface area contributed by atoms with Crippen LogP contribution in [0.1, 0.15) is 0 Å². The quantitative estimate of drug-likeness (QED) is 0.694. The van der Waals surface area contributed by atoms with Gasteiger partial charge < -0.3 is 5.73 Å². The number of pyridine rings is 1. The minimum atomic E-state index is 0.767. The van der Waals surface area contributed by atoms with E-state index in [1.54, 1.807) is 0 Å². The van der Waals surface area contributed by atoms with Gasteiger partial charge in [0.15, 0.2) is 0 Å². The molecule has 2 heteroatoms. The molecule has 0 aliphatic carbocycles. The third-order valence-electron chi connectivity index (χ3n) is 3.03. The Bertz CT molecular complexity index is 673. The van der Waals surface area contributed by atoms with Gasteiger partial charge in [0.05, 0.1) is 11.4 Å². The molecule has 3 aromatic rings. The number of rotatable bonds is 2. The second-order valence-corrected chi connectivity index (χ2v) is 4.40. The summed E-state index contributed by atoms with van der Waals surface area (Å²) >= 11 is 0. The van der Waals surface area contributed by atoms with Crippen LogP contribution >= 0.6 is 0 Å². The van der Waals surface area contributed by atoms with Gasteiger partial charge in [0.25, 0.3) is 0 Å². The van der Waals surface area contributed by atoms with Gasteiger partial charge in [0.2, 0.25) is 0 Å². The summed E-state index contributed by atoms with van der Waals surface area (Å²) in [5, 5.41) is 0. The summed E-state index contributed by atoms with van der Waals surface area (Å²) in [6.07, 6.45) is 0. The lowest BCUT2D eigenvalue weighted by atomic mass is 10.1. The van der Waals surface area contributed by atoms with Gasteiger partial charge in [-0.05, 0) is 24.3 Å². The van der Waals surface area contributed by atoms with Crippen LogP contribution in [0.4, 0.5) is 5.69 Å². The highest BCUT2D eigenvalue weighted by Crippen LogP contribution is 2.23. The highest BCUT2D eigenvalue weighted by Gasteiger charge is 2.02. The smallest absolute Gasteiger partial charge is 0.0709 e. The summed E-state index contributed by atoms with van der Waals surface area (Å²) in [5.41, 5.74) is 10.6. The molecule has 19 heavy (non-hydrogen) atoms. The van der Waals surface area contributed by atoms with E-state index in [1.807, 2.05) is 60.7 Å². The maximum Gasteiger partial charge on any atom is 0.0709 e. The molecule has 0 spiro atoms. The van der Waals surface area contributed by atoms with Gasteiger partial charge in [-0.25, -0.2) is 4.98 Å². The van der Waals surface area contributed by atoms with E-state index in [-0.39, 0.29) is 0 Å². The lowest BCUT2D eigenvalue weighted by molar-refractivity contribution is 1.32. The van der Waals surface area contributed by atoms with Crippen molar-refractivity contribution < 1.29 is 0 Å². The van der Waals surface area contributed by atoms with Crippen LogP contribution < -0.4 is 5.73 Å². The van der Waals surface area contributed by atoms with Gasteiger partial charge in [-0.2, -0.15) is 0 Å². The molecule has 0 unspecified atom stereocenters. The van der Waals surface area contributed by atoms with Gasteiger partial charge in [-0.3, -0.25) is 0 Å². The van der Waals surface area contributed by atoms with Crippen molar-refractivity contribution in [2.75, 3.05) is 5.73 Å². The summed E-state index contributed by atoms with van der Waals surface area (Å²) < 4.78 is 0. The molecule has 2 nitrogen and oxygen atoms in total. The molecule has 2 N–H and O–H groups in total. The fraction of sp³-hybridized carbons (Fsp3) is 0. The fourth-order valence-corrected chi connectivity index (χ4v) is 2.02. The number of nitrogens with zero attached hydrogens (tertiary/aromatic N) is 1. The first-order valence-electron chi connectivity index (χ1n) is 6.21. The van der Waals surface area contributed by atoms with Crippen LogP contribution in [-0.4, -0.2) is 4.98 Å². The number of hydrogen-bond donors (Lipinski definition) is 1. The van der Waals surface area contributed by atoms with Gasteiger partial charge in [-0.15, -0.1) is 0 Å². The number of anilines is 1. The zero-order valence-electron chi connectivity index (χ0n) is 10.5. The van der Waals surface area contributed by atoms with Crippen molar-refractivity contribution in [2.24, 2.45) is 0 Å². The maximum absolute atomic E-state index is 5.71. The molecule has 92 valence electrons. The largest absolute Gasteiger partial charge is 0.399 e. The molecule has 0 aliphatic heterocycles. The van der Waals surface area contributed by atoms with E-state index in [0.717, 1.165) is 28.2 Å². The van der Waals surface area contributed by atoms with Gasteiger partial charge >= 0.3 is 0 Å². The molecular weight excluding hydrogens is 232 g/mol. The Kier molecular flexibility index (Phi) is 2.99. The first kappa shape index (κ1) is 11.5. The zero-order chi connectivity index (χ0) is 13.1. The van der Waals surface area contributed by atoms with Crippen LogP contribution in [0.5, 0.6) is 0 Å². The molecule has 0 saturated heterocycles. The lowest BCUT2D eigenvalue weighted by Gasteiger charge is -2.05. The van der Waals surface area contributed by atoms with E-state index in [1.165, 1.54) is 0 Å². The van der Waals surface area contributed by atoms with Crippen LogP contribution in [0, 0.1) is 0 Å². The number of nitrogens with two attached hydrogens (primary N) is 1. The average molecular weight is 246 g/mol. The summed E-state index contributed by atoms with van der Waals surface area (Å²) in [6, 6.07) is 24.0. The molecular formula is C17H14N2. The van der Waals surface area contributed by atoms with Crippen LogP contribution in [0.25, 0.3) is 22.5 Å². The van der Waals surface area contributed by atoms with E-state index >= 15 is 0 Å². The second kappa shape index (κ2) is 4.94. The minimum Gasteiger partial charge on any atom is -0.399 e. The molecule has 0 bridgehead atoms. The lowest BCUT2D eigenvalue weighted by Crippen LogP contribution is -1.88. The molecule has 0 saturated carbocycles.